The van der Waals surface area contributed by atoms with Crippen LogP contribution in [0.1, 0.15) is 27.7 Å². The van der Waals surface area contributed by atoms with Gasteiger partial charge in [0.2, 0.25) is 11.8 Å². The number of carbonyl (C=O) groups excluding carboxylic acids is 2. The van der Waals surface area contributed by atoms with Crippen LogP contribution in [-0.4, -0.2) is 48.1 Å². The summed E-state index contributed by atoms with van der Waals surface area (Å²) < 4.78 is 5.66. The lowest BCUT2D eigenvalue weighted by Crippen LogP contribution is -2.52. The van der Waals surface area contributed by atoms with Crippen LogP contribution in [0.2, 0.25) is 0 Å². The third-order valence-corrected chi connectivity index (χ3v) is 3.67. The smallest absolute Gasteiger partial charge is 0.244 e. The number of hydrogen-bond acceptors (Lipinski definition) is 4. The molecule has 1 aliphatic heterocycles. The van der Waals surface area contributed by atoms with Gasteiger partial charge in [-0.25, -0.2) is 0 Å². The summed E-state index contributed by atoms with van der Waals surface area (Å²) in [5.74, 6) is -0.0699. The molecule has 2 amide bonds. The van der Waals surface area contributed by atoms with Gasteiger partial charge in [-0.3, -0.25) is 9.59 Å². The van der Waals surface area contributed by atoms with Gasteiger partial charge in [0.1, 0.15) is 6.04 Å². The van der Waals surface area contributed by atoms with Gasteiger partial charge in [-0.1, -0.05) is 6.07 Å². The zero-order valence-corrected chi connectivity index (χ0v) is 14.1. The van der Waals surface area contributed by atoms with Gasteiger partial charge in [-0.2, -0.15) is 0 Å². The number of rotatable bonds is 4. The lowest BCUT2D eigenvalue weighted by atomic mass is 10.2. The predicted octanol–water partition coefficient (Wildman–Crippen LogP) is 2.08. The largest absolute Gasteiger partial charge is 0.374 e. The van der Waals surface area contributed by atoms with E-state index in [9.17, 15) is 9.59 Å². The summed E-state index contributed by atoms with van der Waals surface area (Å²) in [6.45, 7) is 8.49. The van der Waals surface area contributed by atoms with Crippen molar-refractivity contribution in [2.75, 3.05) is 23.7 Å². The first-order chi connectivity index (χ1) is 10.8. The average Bonchev–Trinajstić information content (AvgIpc) is 2.45. The highest BCUT2D eigenvalue weighted by atomic mass is 16.5. The van der Waals surface area contributed by atoms with E-state index in [0.29, 0.717) is 18.8 Å². The van der Waals surface area contributed by atoms with Crippen molar-refractivity contribution in [3.63, 3.8) is 0 Å². The monoisotopic (exact) mass is 319 g/mol. The van der Waals surface area contributed by atoms with Crippen LogP contribution in [0.5, 0.6) is 0 Å². The molecule has 0 unspecified atom stereocenters. The summed E-state index contributed by atoms with van der Waals surface area (Å²) in [6.07, 6.45) is 0.107. The molecule has 2 N–H and O–H groups in total. The SMILES string of the molecule is CC(=O)Nc1cccc(N[C@H](C)C(=O)N2C[C@@H](C)O[C@@H](C)C2)c1. The second-order valence-electron chi connectivity index (χ2n) is 6.13. The van der Waals surface area contributed by atoms with Crippen LogP contribution in [0.25, 0.3) is 0 Å². The summed E-state index contributed by atoms with van der Waals surface area (Å²) in [5.41, 5.74) is 1.50. The Bertz CT molecular complexity index is 566. The Labute approximate surface area is 137 Å². The molecule has 3 atom stereocenters. The van der Waals surface area contributed by atoms with Crippen molar-refractivity contribution in [1.29, 1.82) is 0 Å². The molecule has 0 spiro atoms. The molecular weight excluding hydrogens is 294 g/mol. The standard InChI is InChI=1S/C17H25N3O3/c1-11-9-20(10-12(2)23-11)17(22)13(3)18-15-6-5-7-16(8-15)19-14(4)21/h5-8,11-13,18H,9-10H2,1-4H3,(H,19,21)/t11-,12+,13-/m1/s1. The maximum atomic E-state index is 12.6. The number of anilines is 2. The molecule has 0 radical (unpaired) electrons. The van der Waals surface area contributed by atoms with Gasteiger partial charge >= 0.3 is 0 Å². The number of nitrogens with zero attached hydrogens (tertiary/aromatic N) is 1. The normalized spacial score (nSPS) is 22.3. The topological polar surface area (TPSA) is 70.7 Å². The first-order valence-corrected chi connectivity index (χ1v) is 7.93. The van der Waals surface area contributed by atoms with Crippen LogP contribution in [-0.2, 0) is 14.3 Å². The lowest BCUT2D eigenvalue weighted by Gasteiger charge is -2.36. The van der Waals surface area contributed by atoms with Gasteiger partial charge in [-0.05, 0) is 39.0 Å². The van der Waals surface area contributed by atoms with Gasteiger partial charge < -0.3 is 20.3 Å². The highest BCUT2D eigenvalue weighted by Gasteiger charge is 2.28. The fourth-order valence-corrected chi connectivity index (χ4v) is 2.83. The molecule has 1 aromatic carbocycles. The van der Waals surface area contributed by atoms with Crippen LogP contribution in [0.4, 0.5) is 11.4 Å². The molecular formula is C17H25N3O3. The van der Waals surface area contributed by atoms with Crippen LogP contribution in [0.3, 0.4) is 0 Å². The van der Waals surface area contributed by atoms with Crippen molar-refractivity contribution in [3.05, 3.63) is 24.3 Å². The molecule has 0 bridgehead atoms. The summed E-state index contributed by atoms with van der Waals surface area (Å²) in [6, 6.07) is 6.99. The Balaban J connectivity index is 1.99. The molecule has 6 nitrogen and oxygen atoms in total. The molecule has 1 heterocycles. The van der Waals surface area contributed by atoms with Crippen molar-refractivity contribution in [2.24, 2.45) is 0 Å². The number of benzene rings is 1. The van der Waals surface area contributed by atoms with Crippen LogP contribution < -0.4 is 10.6 Å². The van der Waals surface area contributed by atoms with Gasteiger partial charge in [0, 0.05) is 31.4 Å². The molecule has 1 fully saturated rings. The van der Waals surface area contributed by atoms with E-state index >= 15 is 0 Å². The molecule has 1 saturated heterocycles. The molecule has 1 aromatic rings. The third-order valence-electron chi connectivity index (χ3n) is 3.67. The number of carbonyl (C=O) groups is 2. The summed E-state index contributed by atoms with van der Waals surface area (Å²) in [5, 5.41) is 5.93. The minimum Gasteiger partial charge on any atom is -0.374 e. The van der Waals surface area contributed by atoms with Crippen molar-refractivity contribution in [1.82, 2.24) is 4.90 Å². The van der Waals surface area contributed by atoms with Crippen LogP contribution in [0, 0.1) is 0 Å². The molecule has 126 valence electrons. The average molecular weight is 319 g/mol. The molecule has 6 heteroatoms. The molecule has 23 heavy (non-hydrogen) atoms. The van der Waals surface area contributed by atoms with E-state index < -0.39 is 0 Å². The van der Waals surface area contributed by atoms with E-state index in [2.05, 4.69) is 10.6 Å². The van der Waals surface area contributed by atoms with E-state index in [4.69, 9.17) is 4.74 Å². The highest BCUT2D eigenvalue weighted by Crippen LogP contribution is 2.17. The van der Waals surface area contributed by atoms with Gasteiger partial charge in [0.15, 0.2) is 0 Å². The molecule has 1 aliphatic rings. The zero-order valence-electron chi connectivity index (χ0n) is 14.1. The van der Waals surface area contributed by atoms with E-state index in [0.717, 1.165) is 5.69 Å². The maximum Gasteiger partial charge on any atom is 0.244 e. The number of amides is 2. The third kappa shape index (κ3) is 4.96. The second kappa shape index (κ2) is 7.46. The quantitative estimate of drug-likeness (QED) is 0.891. The maximum absolute atomic E-state index is 12.6. The van der Waals surface area contributed by atoms with Crippen LogP contribution in [0.15, 0.2) is 24.3 Å². The Morgan fingerprint density at radius 3 is 2.43 bits per heavy atom. The number of morpholine rings is 1. The molecule has 0 saturated carbocycles. The number of nitrogens with one attached hydrogen (secondary N) is 2. The Kier molecular flexibility index (Phi) is 5.60. The van der Waals surface area contributed by atoms with Crippen molar-refractivity contribution < 1.29 is 14.3 Å². The molecule has 2 rings (SSSR count). The van der Waals surface area contributed by atoms with Crippen molar-refractivity contribution >= 4 is 23.2 Å². The lowest BCUT2D eigenvalue weighted by molar-refractivity contribution is -0.143. The fraction of sp³-hybridized carbons (Fsp3) is 0.529. The van der Waals surface area contributed by atoms with Gasteiger partial charge in [-0.15, -0.1) is 0 Å². The minimum atomic E-state index is -0.347. The van der Waals surface area contributed by atoms with E-state index in [-0.39, 0.29) is 30.1 Å². The van der Waals surface area contributed by atoms with Gasteiger partial charge in [0.05, 0.1) is 12.2 Å². The fourth-order valence-electron chi connectivity index (χ4n) is 2.83. The Hall–Kier alpha value is -2.08. The minimum absolute atomic E-state index is 0.0527. The summed E-state index contributed by atoms with van der Waals surface area (Å²) in [4.78, 5) is 25.6. The van der Waals surface area contributed by atoms with E-state index in [1.165, 1.54) is 6.92 Å². The van der Waals surface area contributed by atoms with Crippen LogP contribution >= 0.6 is 0 Å². The Morgan fingerprint density at radius 1 is 1.22 bits per heavy atom. The van der Waals surface area contributed by atoms with Gasteiger partial charge in [0.25, 0.3) is 0 Å². The molecule has 0 aliphatic carbocycles. The Morgan fingerprint density at radius 2 is 1.83 bits per heavy atom. The van der Waals surface area contributed by atoms with Crippen molar-refractivity contribution in [3.8, 4) is 0 Å². The summed E-state index contributed by atoms with van der Waals surface area (Å²) >= 11 is 0. The summed E-state index contributed by atoms with van der Waals surface area (Å²) in [7, 11) is 0. The number of hydrogen-bond donors (Lipinski definition) is 2. The first kappa shape index (κ1) is 17.3. The van der Waals surface area contributed by atoms with Crippen molar-refractivity contribution in [2.45, 2.75) is 45.9 Å². The molecule has 0 aromatic heterocycles. The predicted molar refractivity (Wildman–Crippen MR) is 90.4 cm³/mol. The second-order valence-corrected chi connectivity index (χ2v) is 6.13. The van der Waals surface area contributed by atoms with E-state index in [1.807, 2.05) is 49.9 Å². The first-order valence-electron chi connectivity index (χ1n) is 7.93. The highest BCUT2D eigenvalue weighted by molar-refractivity contribution is 5.89. The zero-order chi connectivity index (χ0) is 17.0. The van der Waals surface area contributed by atoms with E-state index in [1.54, 1.807) is 0 Å². The number of ether oxygens (including phenoxy) is 1.